The molecular formula is C14H21NO3. The van der Waals surface area contributed by atoms with Crippen molar-refractivity contribution in [3.63, 3.8) is 0 Å². The van der Waals surface area contributed by atoms with Crippen LogP contribution < -0.4 is 0 Å². The van der Waals surface area contributed by atoms with Gasteiger partial charge in [0.2, 0.25) is 5.91 Å². The van der Waals surface area contributed by atoms with E-state index in [-0.39, 0.29) is 35.5 Å². The van der Waals surface area contributed by atoms with Gasteiger partial charge in [-0.1, -0.05) is 12.2 Å². The molecule has 0 aromatic rings. The van der Waals surface area contributed by atoms with Gasteiger partial charge in [0.25, 0.3) is 0 Å². The van der Waals surface area contributed by atoms with E-state index in [1.807, 2.05) is 18.7 Å². The smallest absolute Gasteiger partial charge is 0.310 e. The van der Waals surface area contributed by atoms with Crippen molar-refractivity contribution in [3.8, 4) is 0 Å². The van der Waals surface area contributed by atoms with Gasteiger partial charge in [0, 0.05) is 13.1 Å². The molecule has 2 aliphatic rings. The SMILES string of the molecule is CCN(CC)C(=O)C1C2C=CC(C2)C1C(=O)OC. The minimum absolute atomic E-state index is 0.104. The Hall–Kier alpha value is -1.32. The molecule has 0 N–H and O–H groups in total. The van der Waals surface area contributed by atoms with Crippen LogP contribution in [0.1, 0.15) is 20.3 Å². The first-order valence-electron chi connectivity index (χ1n) is 6.68. The van der Waals surface area contributed by atoms with Crippen molar-refractivity contribution >= 4 is 11.9 Å². The van der Waals surface area contributed by atoms with E-state index in [9.17, 15) is 9.59 Å². The number of carbonyl (C=O) groups is 2. The van der Waals surface area contributed by atoms with Gasteiger partial charge in [-0.3, -0.25) is 9.59 Å². The maximum Gasteiger partial charge on any atom is 0.310 e. The average Bonchev–Trinajstić information content (AvgIpc) is 2.99. The van der Waals surface area contributed by atoms with Gasteiger partial charge >= 0.3 is 5.97 Å². The number of rotatable bonds is 4. The summed E-state index contributed by atoms with van der Waals surface area (Å²) < 4.78 is 4.87. The summed E-state index contributed by atoms with van der Waals surface area (Å²) in [7, 11) is 1.40. The first-order chi connectivity index (χ1) is 8.63. The number of esters is 1. The number of allylic oxidation sites excluding steroid dienone is 2. The van der Waals surface area contributed by atoms with Crippen molar-refractivity contribution < 1.29 is 14.3 Å². The lowest BCUT2D eigenvalue weighted by molar-refractivity contribution is -0.153. The quantitative estimate of drug-likeness (QED) is 0.561. The fourth-order valence-electron chi connectivity index (χ4n) is 3.36. The van der Waals surface area contributed by atoms with E-state index in [0.29, 0.717) is 13.1 Å². The van der Waals surface area contributed by atoms with Crippen LogP contribution >= 0.6 is 0 Å². The molecule has 0 aromatic carbocycles. The van der Waals surface area contributed by atoms with Crippen molar-refractivity contribution in [3.05, 3.63) is 12.2 Å². The maximum absolute atomic E-state index is 12.5. The average molecular weight is 251 g/mol. The van der Waals surface area contributed by atoms with E-state index in [4.69, 9.17) is 4.74 Å². The van der Waals surface area contributed by atoms with Gasteiger partial charge in [-0.05, 0) is 32.1 Å². The van der Waals surface area contributed by atoms with E-state index in [0.717, 1.165) is 6.42 Å². The number of hydrogen-bond donors (Lipinski definition) is 0. The largest absolute Gasteiger partial charge is 0.469 e. The molecule has 0 radical (unpaired) electrons. The number of methoxy groups -OCH3 is 1. The van der Waals surface area contributed by atoms with E-state index in [1.54, 1.807) is 0 Å². The molecule has 1 fully saturated rings. The highest BCUT2D eigenvalue weighted by atomic mass is 16.5. The Labute approximate surface area is 108 Å². The number of amides is 1. The molecule has 4 atom stereocenters. The molecule has 18 heavy (non-hydrogen) atoms. The first-order valence-corrected chi connectivity index (χ1v) is 6.68. The van der Waals surface area contributed by atoms with Gasteiger partial charge in [-0.2, -0.15) is 0 Å². The number of nitrogens with zero attached hydrogens (tertiary/aromatic N) is 1. The first kappa shape index (κ1) is 13.1. The fraction of sp³-hybridized carbons (Fsp3) is 0.714. The molecule has 4 heteroatoms. The summed E-state index contributed by atoms with van der Waals surface area (Å²) in [4.78, 5) is 26.2. The zero-order chi connectivity index (χ0) is 13.3. The van der Waals surface area contributed by atoms with Crippen molar-refractivity contribution in [2.45, 2.75) is 20.3 Å². The monoisotopic (exact) mass is 251 g/mol. The summed E-state index contributed by atoms with van der Waals surface area (Å²) in [5, 5.41) is 0. The van der Waals surface area contributed by atoms with Crippen LogP contribution in [-0.4, -0.2) is 37.0 Å². The number of carbonyl (C=O) groups excluding carboxylic acids is 2. The zero-order valence-corrected chi connectivity index (χ0v) is 11.3. The lowest BCUT2D eigenvalue weighted by Crippen LogP contribution is -2.43. The van der Waals surface area contributed by atoms with E-state index in [1.165, 1.54) is 7.11 Å². The number of hydrogen-bond acceptors (Lipinski definition) is 3. The predicted molar refractivity (Wildman–Crippen MR) is 67.7 cm³/mol. The van der Waals surface area contributed by atoms with Gasteiger partial charge in [-0.15, -0.1) is 0 Å². The molecular weight excluding hydrogens is 230 g/mol. The van der Waals surface area contributed by atoms with Crippen molar-refractivity contribution in [1.29, 1.82) is 0 Å². The molecule has 0 heterocycles. The van der Waals surface area contributed by atoms with Gasteiger partial charge < -0.3 is 9.64 Å². The van der Waals surface area contributed by atoms with Gasteiger partial charge in [-0.25, -0.2) is 0 Å². The number of fused-ring (bicyclic) bond motifs is 2. The Morgan fingerprint density at radius 2 is 1.72 bits per heavy atom. The van der Waals surface area contributed by atoms with Crippen LogP contribution in [0.2, 0.25) is 0 Å². The lowest BCUT2D eigenvalue weighted by atomic mass is 9.82. The van der Waals surface area contributed by atoms with E-state index >= 15 is 0 Å². The van der Waals surface area contributed by atoms with Gasteiger partial charge in [0.1, 0.15) is 0 Å². The van der Waals surface area contributed by atoms with Crippen LogP contribution in [0.25, 0.3) is 0 Å². The lowest BCUT2D eigenvalue weighted by Gasteiger charge is -2.30. The van der Waals surface area contributed by atoms with Crippen LogP contribution in [0.5, 0.6) is 0 Å². The third-order valence-electron chi connectivity index (χ3n) is 4.29. The van der Waals surface area contributed by atoms with E-state index in [2.05, 4.69) is 12.2 Å². The summed E-state index contributed by atoms with van der Waals surface area (Å²) in [5.74, 6) is -0.228. The topological polar surface area (TPSA) is 46.6 Å². The molecule has 2 rings (SSSR count). The minimum atomic E-state index is -0.280. The van der Waals surface area contributed by atoms with Crippen LogP contribution in [-0.2, 0) is 14.3 Å². The maximum atomic E-state index is 12.5. The van der Waals surface area contributed by atoms with Crippen LogP contribution in [0.4, 0.5) is 0 Å². The normalized spacial score (nSPS) is 32.6. The Morgan fingerprint density at radius 3 is 2.22 bits per heavy atom. The van der Waals surface area contributed by atoms with Crippen LogP contribution in [0.15, 0.2) is 12.2 Å². The van der Waals surface area contributed by atoms with Gasteiger partial charge in [0.15, 0.2) is 0 Å². The second-order valence-corrected chi connectivity index (χ2v) is 5.03. The molecule has 0 aromatic heterocycles. The predicted octanol–water partition coefficient (Wildman–Crippen LogP) is 1.47. The summed E-state index contributed by atoms with van der Waals surface area (Å²) in [6, 6.07) is 0. The van der Waals surface area contributed by atoms with Crippen LogP contribution in [0.3, 0.4) is 0 Å². The molecule has 0 aliphatic heterocycles. The second kappa shape index (κ2) is 5.12. The van der Waals surface area contributed by atoms with Gasteiger partial charge in [0.05, 0.1) is 18.9 Å². The van der Waals surface area contributed by atoms with Crippen LogP contribution in [0, 0.1) is 23.7 Å². The zero-order valence-electron chi connectivity index (χ0n) is 11.3. The highest BCUT2D eigenvalue weighted by Crippen LogP contribution is 2.49. The molecule has 0 spiro atoms. The molecule has 2 bridgehead atoms. The second-order valence-electron chi connectivity index (χ2n) is 5.03. The standard InChI is InChI=1S/C14H21NO3/c1-4-15(5-2)13(16)11-9-6-7-10(8-9)12(11)14(17)18-3/h6-7,9-12H,4-5,8H2,1-3H3. The highest BCUT2D eigenvalue weighted by molar-refractivity contribution is 5.87. The Kier molecular flexibility index (Phi) is 3.73. The summed E-state index contributed by atoms with van der Waals surface area (Å²) in [5.41, 5.74) is 0. The van der Waals surface area contributed by atoms with Crippen molar-refractivity contribution in [2.75, 3.05) is 20.2 Å². The van der Waals surface area contributed by atoms with Crippen molar-refractivity contribution in [1.82, 2.24) is 4.90 Å². The third-order valence-corrected chi connectivity index (χ3v) is 4.29. The molecule has 1 amide bonds. The molecule has 4 nitrogen and oxygen atoms in total. The summed E-state index contributed by atoms with van der Waals surface area (Å²) in [6.45, 7) is 5.33. The Balaban J connectivity index is 2.22. The Morgan fingerprint density at radius 1 is 1.17 bits per heavy atom. The molecule has 2 aliphatic carbocycles. The Bertz CT molecular complexity index is 373. The minimum Gasteiger partial charge on any atom is -0.469 e. The molecule has 0 saturated heterocycles. The third kappa shape index (κ3) is 1.93. The van der Waals surface area contributed by atoms with Crippen molar-refractivity contribution in [2.24, 2.45) is 23.7 Å². The molecule has 1 saturated carbocycles. The summed E-state index contributed by atoms with van der Waals surface area (Å²) in [6.07, 6.45) is 5.08. The number of ether oxygens (including phenoxy) is 1. The highest BCUT2D eigenvalue weighted by Gasteiger charge is 2.52. The molecule has 100 valence electrons. The molecule has 4 unspecified atom stereocenters. The fourth-order valence-corrected chi connectivity index (χ4v) is 3.36. The van der Waals surface area contributed by atoms with E-state index < -0.39 is 0 Å². The summed E-state index contributed by atoms with van der Waals surface area (Å²) >= 11 is 0.